The normalized spacial score (nSPS) is 16.4. The lowest BCUT2D eigenvalue weighted by Gasteiger charge is -2.24. The summed E-state index contributed by atoms with van der Waals surface area (Å²) in [5.41, 5.74) is 0. The van der Waals surface area contributed by atoms with Crippen molar-refractivity contribution in [3.8, 4) is 5.88 Å². The Morgan fingerprint density at radius 1 is 1.43 bits per heavy atom. The number of ether oxygens (including phenoxy) is 1. The highest BCUT2D eigenvalue weighted by Crippen LogP contribution is 2.29. The van der Waals surface area contributed by atoms with Crippen LogP contribution in [0.3, 0.4) is 0 Å². The van der Waals surface area contributed by atoms with Crippen LogP contribution in [-0.4, -0.2) is 16.6 Å². The molecule has 1 aromatic rings. The molecule has 76 valence electrons. The molecule has 1 aliphatic rings. The molecule has 0 atom stereocenters. The number of rotatable bonds is 4. The van der Waals surface area contributed by atoms with Gasteiger partial charge in [-0.15, -0.1) is 0 Å². The monoisotopic (exact) mass is 256 g/mol. The maximum Gasteiger partial charge on any atom is 0.217 e. The van der Waals surface area contributed by atoms with Crippen molar-refractivity contribution in [3.63, 3.8) is 0 Å². The Labute approximate surface area is 92.0 Å². The molecule has 0 amide bonds. The Kier molecular flexibility index (Phi) is 3.35. The zero-order valence-corrected chi connectivity index (χ0v) is 9.53. The van der Waals surface area contributed by atoms with E-state index in [4.69, 9.17) is 4.74 Å². The highest BCUT2D eigenvalue weighted by molar-refractivity contribution is 9.10. The summed E-state index contributed by atoms with van der Waals surface area (Å²) < 4.78 is 6.28. The zero-order chi connectivity index (χ0) is 9.80. The van der Waals surface area contributed by atoms with Crippen LogP contribution in [0.4, 0.5) is 0 Å². The summed E-state index contributed by atoms with van der Waals surface area (Å²) in [5.74, 6) is 1.55. The van der Waals surface area contributed by atoms with Crippen LogP contribution < -0.4 is 4.74 Å². The van der Waals surface area contributed by atoms with Crippen molar-refractivity contribution < 1.29 is 4.74 Å². The molecule has 4 heteroatoms. The Morgan fingerprint density at radius 2 is 2.29 bits per heavy atom. The van der Waals surface area contributed by atoms with Gasteiger partial charge in [-0.25, -0.2) is 9.97 Å². The summed E-state index contributed by atoms with van der Waals surface area (Å²) in [6, 6.07) is 1.79. The van der Waals surface area contributed by atoms with Gasteiger partial charge >= 0.3 is 0 Å². The van der Waals surface area contributed by atoms with Gasteiger partial charge in [0.2, 0.25) is 5.88 Å². The Bertz CT molecular complexity index is 302. The third kappa shape index (κ3) is 2.67. The summed E-state index contributed by atoms with van der Waals surface area (Å²) in [7, 11) is 0. The maximum atomic E-state index is 5.51. The van der Waals surface area contributed by atoms with E-state index >= 15 is 0 Å². The number of hydrogen-bond acceptors (Lipinski definition) is 3. The van der Waals surface area contributed by atoms with Gasteiger partial charge in [0, 0.05) is 6.07 Å². The molecule has 1 fully saturated rings. The maximum absolute atomic E-state index is 5.51. The standard InChI is InChI=1S/C10H13BrN2O/c11-9-6-10(13-7-12-9)14-5-4-8-2-1-3-8/h6-8H,1-5H2. The van der Waals surface area contributed by atoms with Crippen molar-refractivity contribution in [3.05, 3.63) is 17.0 Å². The van der Waals surface area contributed by atoms with E-state index in [2.05, 4.69) is 25.9 Å². The topological polar surface area (TPSA) is 35.0 Å². The van der Waals surface area contributed by atoms with E-state index in [0.29, 0.717) is 5.88 Å². The zero-order valence-electron chi connectivity index (χ0n) is 7.95. The molecule has 0 N–H and O–H groups in total. The molecular weight excluding hydrogens is 244 g/mol. The molecule has 0 saturated heterocycles. The first-order chi connectivity index (χ1) is 6.84. The van der Waals surface area contributed by atoms with Crippen molar-refractivity contribution in [1.29, 1.82) is 0 Å². The van der Waals surface area contributed by atoms with Gasteiger partial charge in [-0.2, -0.15) is 0 Å². The molecule has 3 nitrogen and oxygen atoms in total. The van der Waals surface area contributed by atoms with Gasteiger partial charge in [-0.1, -0.05) is 19.3 Å². The van der Waals surface area contributed by atoms with Gasteiger partial charge in [0.25, 0.3) is 0 Å². The number of halogens is 1. The second-order valence-corrected chi connectivity index (χ2v) is 4.43. The van der Waals surface area contributed by atoms with Crippen molar-refractivity contribution in [2.24, 2.45) is 5.92 Å². The average Bonchev–Trinajstić information content (AvgIpc) is 2.09. The van der Waals surface area contributed by atoms with Gasteiger partial charge in [0.15, 0.2) is 0 Å². The fourth-order valence-corrected chi connectivity index (χ4v) is 1.80. The minimum atomic E-state index is 0.659. The fraction of sp³-hybridized carbons (Fsp3) is 0.600. The van der Waals surface area contributed by atoms with Crippen LogP contribution in [0.2, 0.25) is 0 Å². The Morgan fingerprint density at radius 3 is 2.93 bits per heavy atom. The highest BCUT2D eigenvalue weighted by Gasteiger charge is 2.16. The molecule has 0 aromatic carbocycles. The van der Waals surface area contributed by atoms with Gasteiger partial charge in [-0.05, 0) is 28.3 Å². The van der Waals surface area contributed by atoms with E-state index in [1.165, 1.54) is 25.6 Å². The van der Waals surface area contributed by atoms with E-state index in [1.54, 1.807) is 6.07 Å². The third-order valence-electron chi connectivity index (χ3n) is 2.61. The van der Waals surface area contributed by atoms with Crippen LogP contribution >= 0.6 is 15.9 Å². The van der Waals surface area contributed by atoms with Crippen LogP contribution in [0.25, 0.3) is 0 Å². The molecule has 14 heavy (non-hydrogen) atoms. The van der Waals surface area contributed by atoms with E-state index < -0.39 is 0 Å². The minimum absolute atomic E-state index is 0.659. The van der Waals surface area contributed by atoms with Gasteiger partial charge in [0.1, 0.15) is 10.9 Å². The van der Waals surface area contributed by atoms with Crippen molar-refractivity contribution in [1.82, 2.24) is 9.97 Å². The van der Waals surface area contributed by atoms with Crippen molar-refractivity contribution >= 4 is 15.9 Å². The Balaban J connectivity index is 1.74. The fourth-order valence-electron chi connectivity index (χ4n) is 1.51. The summed E-state index contributed by atoms with van der Waals surface area (Å²) in [6.45, 7) is 0.772. The van der Waals surface area contributed by atoms with Crippen LogP contribution in [-0.2, 0) is 0 Å². The number of aromatic nitrogens is 2. The molecule has 0 spiro atoms. The van der Waals surface area contributed by atoms with Crippen LogP contribution in [0.5, 0.6) is 5.88 Å². The summed E-state index contributed by atoms with van der Waals surface area (Å²) >= 11 is 3.28. The molecule has 1 saturated carbocycles. The SMILES string of the molecule is Brc1cc(OCCC2CCC2)ncn1. The van der Waals surface area contributed by atoms with E-state index in [9.17, 15) is 0 Å². The quantitative estimate of drug-likeness (QED) is 0.778. The highest BCUT2D eigenvalue weighted by atomic mass is 79.9. The predicted octanol–water partition coefficient (Wildman–Crippen LogP) is 2.81. The number of nitrogens with zero attached hydrogens (tertiary/aromatic N) is 2. The van der Waals surface area contributed by atoms with E-state index in [1.807, 2.05) is 0 Å². The Hall–Kier alpha value is -0.640. The van der Waals surface area contributed by atoms with Gasteiger partial charge < -0.3 is 4.74 Å². The van der Waals surface area contributed by atoms with Crippen molar-refractivity contribution in [2.45, 2.75) is 25.7 Å². The molecule has 0 bridgehead atoms. The average molecular weight is 257 g/mol. The van der Waals surface area contributed by atoms with Crippen molar-refractivity contribution in [2.75, 3.05) is 6.61 Å². The van der Waals surface area contributed by atoms with Crippen LogP contribution in [0, 0.1) is 5.92 Å². The summed E-state index contributed by atoms with van der Waals surface area (Å²) in [4.78, 5) is 7.95. The first-order valence-electron chi connectivity index (χ1n) is 4.95. The van der Waals surface area contributed by atoms with Crippen LogP contribution in [0.1, 0.15) is 25.7 Å². The lowest BCUT2D eigenvalue weighted by molar-refractivity contribution is 0.217. The molecule has 2 rings (SSSR count). The smallest absolute Gasteiger partial charge is 0.217 e. The molecule has 1 aromatic heterocycles. The third-order valence-corrected chi connectivity index (χ3v) is 3.04. The second kappa shape index (κ2) is 4.73. The molecule has 1 aliphatic carbocycles. The lowest BCUT2D eigenvalue weighted by atomic mass is 9.83. The molecule has 0 aliphatic heterocycles. The van der Waals surface area contributed by atoms with Gasteiger partial charge in [-0.3, -0.25) is 0 Å². The predicted molar refractivity (Wildman–Crippen MR) is 57.2 cm³/mol. The largest absolute Gasteiger partial charge is 0.478 e. The summed E-state index contributed by atoms with van der Waals surface area (Å²) in [5, 5.41) is 0. The second-order valence-electron chi connectivity index (χ2n) is 3.61. The van der Waals surface area contributed by atoms with Gasteiger partial charge in [0.05, 0.1) is 6.61 Å². The molecule has 0 unspecified atom stereocenters. The van der Waals surface area contributed by atoms with Crippen LogP contribution in [0.15, 0.2) is 17.0 Å². The molecular formula is C10H13BrN2O. The number of hydrogen-bond donors (Lipinski definition) is 0. The first-order valence-corrected chi connectivity index (χ1v) is 5.74. The lowest BCUT2D eigenvalue weighted by Crippen LogP contribution is -2.14. The van der Waals surface area contributed by atoms with E-state index in [0.717, 1.165) is 23.5 Å². The minimum Gasteiger partial charge on any atom is -0.478 e. The summed E-state index contributed by atoms with van der Waals surface area (Å²) in [6.07, 6.45) is 6.79. The van der Waals surface area contributed by atoms with E-state index in [-0.39, 0.29) is 0 Å². The molecule has 0 radical (unpaired) electrons. The molecule has 1 heterocycles. The first kappa shape index (κ1) is 9.90.